The minimum Gasteiger partial charge on any atom is -0.321 e. The van der Waals surface area contributed by atoms with E-state index in [0.717, 1.165) is 12.0 Å². The van der Waals surface area contributed by atoms with E-state index < -0.39 is 0 Å². The van der Waals surface area contributed by atoms with E-state index in [1.54, 1.807) is 0 Å². The second kappa shape index (κ2) is 4.46. The van der Waals surface area contributed by atoms with Gasteiger partial charge in [0.2, 0.25) is 0 Å². The van der Waals surface area contributed by atoms with Gasteiger partial charge in [-0.1, -0.05) is 18.2 Å². The van der Waals surface area contributed by atoms with Crippen LogP contribution >= 0.6 is 0 Å². The van der Waals surface area contributed by atoms with Gasteiger partial charge in [-0.15, -0.1) is 0 Å². The zero-order valence-electron chi connectivity index (χ0n) is 6.08. The van der Waals surface area contributed by atoms with Crippen molar-refractivity contribution in [1.82, 2.24) is 5.43 Å². The number of nitrogens with one attached hydrogen (secondary N) is 2. The molecule has 0 saturated carbocycles. The predicted molar refractivity (Wildman–Crippen MR) is 44.1 cm³/mol. The molecule has 0 aromatic heterocycles. The van der Waals surface area contributed by atoms with Crippen molar-refractivity contribution in [3.8, 4) is 0 Å². The molecule has 0 heterocycles. The van der Waals surface area contributed by atoms with Crippen LogP contribution in [0.15, 0.2) is 30.3 Å². The second-order valence-electron chi connectivity index (χ2n) is 2.04. The third-order valence-electron chi connectivity index (χ3n) is 1.19. The molecule has 3 nitrogen and oxygen atoms in total. The van der Waals surface area contributed by atoms with Gasteiger partial charge in [0, 0.05) is 5.69 Å². The van der Waals surface area contributed by atoms with E-state index in [4.69, 9.17) is 0 Å². The summed E-state index contributed by atoms with van der Waals surface area (Å²) in [6.45, 7) is 0.314. The number of benzene rings is 1. The highest BCUT2D eigenvalue weighted by Crippen LogP contribution is 2.01. The molecule has 0 aliphatic rings. The average Bonchev–Trinajstić information content (AvgIpc) is 2.07. The molecule has 0 aliphatic heterocycles. The highest BCUT2D eigenvalue weighted by atomic mass is 16.1. The number of hydrazine groups is 1. The summed E-state index contributed by atoms with van der Waals surface area (Å²) in [5.41, 5.74) is 6.55. The largest absolute Gasteiger partial charge is 0.321 e. The first-order chi connectivity index (χ1) is 5.43. The highest BCUT2D eigenvalue weighted by molar-refractivity contribution is 5.52. The molecular weight excluding hydrogens is 140 g/mol. The number of rotatable bonds is 4. The highest BCUT2D eigenvalue weighted by Gasteiger charge is 1.84. The van der Waals surface area contributed by atoms with Crippen molar-refractivity contribution in [2.24, 2.45) is 0 Å². The van der Waals surface area contributed by atoms with Gasteiger partial charge in [0.05, 0.1) is 6.54 Å². The normalized spacial score (nSPS) is 9.09. The van der Waals surface area contributed by atoms with Crippen molar-refractivity contribution in [3.63, 3.8) is 0 Å². The fraction of sp³-hybridized carbons (Fsp3) is 0.125. The fourth-order valence-electron chi connectivity index (χ4n) is 0.716. The molecular formula is C8H10N2O. The van der Waals surface area contributed by atoms with Crippen LogP contribution in [0.3, 0.4) is 0 Å². The van der Waals surface area contributed by atoms with Crippen LogP contribution in [-0.4, -0.2) is 12.8 Å². The predicted octanol–water partition coefficient (Wildman–Crippen LogP) is 0.802. The number of carbonyl (C=O) groups is 1. The second-order valence-corrected chi connectivity index (χ2v) is 2.04. The summed E-state index contributed by atoms with van der Waals surface area (Å²) in [6.07, 6.45) is 0.802. The molecule has 0 bridgehead atoms. The molecule has 0 spiro atoms. The Hall–Kier alpha value is -1.35. The summed E-state index contributed by atoms with van der Waals surface area (Å²) in [5.74, 6) is 0. The van der Waals surface area contributed by atoms with Crippen LogP contribution in [0.1, 0.15) is 0 Å². The van der Waals surface area contributed by atoms with E-state index in [-0.39, 0.29) is 0 Å². The topological polar surface area (TPSA) is 41.1 Å². The Morgan fingerprint density at radius 3 is 2.64 bits per heavy atom. The Balaban J connectivity index is 2.33. The van der Waals surface area contributed by atoms with Crippen LogP contribution in [0.5, 0.6) is 0 Å². The van der Waals surface area contributed by atoms with Crippen LogP contribution in [0.25, 0.3) is 0 Å². The Bertz CT molecular complexity index is 211. The fourth-order valence-corrected chi connectivity index (χ4v) is 0.716. The van der Waals surface area contributed by atoms with Gasteiger partial charge in [0.25, 0.3) is 0 Å². The standard InChI is InChI=1S/C8H10N2O/c11-7-6-9-10-8-4-2-1-3-5-8/h1-5,7,9-10H,6H2. The molecule has 1 aromatic carbocycles. The molecule has 3 heteroatoms. The molecule has 0 unspecified atom stereocenters. The van der Waals surface area contributed by atoms with Crippen molar-refractivity contribution in [3.05, 3.63) is 30.3 Å². The minimum atomic E-state index is 0.314. The first kappa shape index (κ1) is 7.75. The van der Waals surface area contributed by atoms with Gasteiger partial charge in [-0.2, -0.15) is 0 Å². The zero-order chi connectivity index (χ0) is 7.94. The Morgan fingerprint density at radius 1 is 1.27 bits per heavy atom. The average molecular weight is 150 g/mol. The summed E-state index contributed by atoms with van der Waals surface area (Å²) in [6, 6.07) is 9.61. The van der Waals surface area contributed by atoms with E-state index in [9.17, 15) is 4.79 Å². The van der Waals surface area contributed by atoms with Crippen LogP contribution in [0.4, 0.5) is 5.69 Å². The Kier molecular flexibility index (Phi) is 3.15. The maximum Gasteiger partial charge on any atom is 0.135 e. The van der Waals surface area contributed by atoms with Gasteiger partial charge in [-0.05, 0) is 12.1 Å². The smallest absolute Gasteiger partial charge is 0.135 e. The van der Waals surface area contributed by atoms with Gasteiger partial charge in [0.15, 0.2) is 0 Å². The van der Waals surface area contributed by atoms with E-state index in [1.165, 1.54) is 0 Å². The molecule has 1 aromatic rings. The Morgan fingerprint density at radius 2 is 2.00 bits per heavy atom. The van der Waals surface area contributed by atoms with Gasteiger partial charge in [-0.3, -0.25) is 0 Å². The van der Waals surface area contributed by atoms with Crippen LogP contribution in [0.2, 0.25) is 0 Å². The molecule has 11 heavy (non-hydrogen) atoms. The molecule has 0 radical (unpaired) electrons. The minimum absolute atomic E-state index is 0.314. The van der Waals surface area contributed by atoms with Gasteiger partial charge in [-0.25, -0.2) is 5.43 Å². The Labute approximate surface area is 65.4 Å². The summed E-state index contributed by atoms with van der Waals surface area (Å²) < 4.78 is 0. The van der Waals surface area contributed by atoms with Crippen molar-refractivity contribution in [2.45, 2.75) is 0 Å². The van der Waals surface area contributed by atoms with Crippen molar-refractivity contribution in [1.29, 1.82) is 0 Å². The van der Waals surface area contributed by atoms with E-state index >= 15 is 0 Å². The van der Waals surface area contributed by atoms with Crippen molar-refractivity contribution in [2.75, 3.05) is 12.0 Å². The van der Waals surface area contributed by atoms with Gasteiger partial charge in [0.1, 0.15) is 6.29 Å². The number of para-hydroxylation sites is 1. The summed E-state index contributed by atoms with van der Waals surface area (Å²) in [5, 5.41) is 0. The third-order valence-corrected chi connectivity index (χ3v) is 1.19. The molecule has 1 rings (SSSR count). The molecule has 2 N–H and O–H groups in total. The summed E-state index contributed by atoms with van der Waals surface area (Å²) in [7, 11) is 0. The first-order valence-electron chi connectivity index (χ1n) is 3.41. The monoisotopic (exact) mass is 150 g/mol. The lowest BCUT2D eigenvalue weighted by Gasteiger charge is -2.03. The van der Waals surface area contributed by atoms with E-state index in [1.807, 2.05) is 30.3 Å². The number of hydrogen-bond acceptors (Lipinski definition) is 3. The van der Waals surface area contributed by atoms with Crippen molar-refractivity contribution < 1.29 is 4.79 Å². The first-order valence-corrected chi connectivity index (χ1v) is 3.41. The third kappa shape index (κ3) is 2.82. The quantitative estimate of drug-likeness (QED) is 0.379. The lowest BCUT2D eigenvalue weighted by Crippen LogP contribution is -2.23. The lowest BCUT2D eigenvalue weighted by atomic mass is 10.3. The van der Waals surface area contributed by atoms with E-state index in [0.29, 0.717) is 6.54 Å². The number of anilines is 1. The van der Waals surface area contributed by atoms with Crippen molar-refractivity contribution >= 4 is 12.0 Å². The van der Waals surface area contributed by atoms with Crippen LogP contribution < -0.4 is 10.9 Å². The van der Waals surface area contributed by atoms with Crippen LogP contribution in [-0.2, 0) is 4.79 Å². The molecule has 0 saturated heterocycles. The SMILES string of the molecule is O=CCNNc1ccccc1. The molecule has 0 fully saturated rings. The summed E-state index contributed by atoms with van der Waals surface area (Å²) >= 11 is 0. The number of carbonyl (C=O) groups excluding carboxylic acids is 1. The number of aldehydes is 1. The molecule has 58 valence electrons. The van der Waals surface area contributed by atoms with E-state index in [2.05, 4.69) is 10.9 Å². The maximum atomic E-state index is 9.89. The molecule has 0 atom stereocenters. The summed E-state index contributed by atoms with van der Waals surface area (Å²) in [4.78, 5) is 9.89. The maximum absolute atomic E-state index is 9.89. The molecule has 0 aliphatic carbocycles. The number of hydrogen-bond donors (Lipinski definition) is 2. The molecule has 0 amide bonds. The van der Waals surface area contributed by atoms with Gasteiger partial charge >= 0.3 is 0 Å². The van der Waals surface area contributed by atoms with Gasteiger partial charge < -0.3 is 10.2 Å². The zero-order valence-corrected chi connectivity index (χ0v) is 6.08. The lowest BCUT2D eigenvalue weighted by molar-refractivity contribution is -0.107. The van der Waals surface area contributed by atoms with Crippen LogP contribution in [0, 0.1) is 0 Å².